The first kappa shape index (κ1) is 14.2. The molecule has 3 nitrogen and oxygen atoms in total. The minimum Gasteiger partial charge on any atom is -0.373 e. The summed E-state index contributed by atoms with van der Waals surface area (Å²) in [7, 11) is 0. The molecule has 21 heavy (non-hydrogen) atoms. The molecule has 0 N–H and O–H groups in total. The maximum atomic E-state index is 6.12. The quantitative estimate of drug-likeness (QED) is 0.849. The molecule has 0 unspecified atom stereocenters. The van der Waals surface area contributed by atoms with E-state index >= 15 is 0 Å². The molecular weight excluding hydrogens is 282 g/mol. The standard InChI is InChI=1S/C17H25NO2S/c1-2-8-17(7-1)13-18(9-11-20-17)12-14-5-6-16(21-14)15-4-3-10-19-15/h5-6,15H,1-4,7-13H2/t15-/m0/s1. The predicted octanol–water partition coefficient (Wildman–Crippen LogP) is 3.74. The molecule has 0 aromatic carbocycles. The molecule has 3 fully saturated rings. The van der Waals surface area contributed by atoms with Crippen LogP contribution in [0.5, 0.6) is 0 Å². The van der Waals surface area contributed by atoms with Gasteiger partial charge < -0.3 is 9.47 Å². The smallest absolute Gasteiger partial charge is 0.0917 e. The Hall–Kier alpha value is -0.420. The third-order valence-electron chi connectivity index (χ3n) is 5.15. The van der Waals surface area contributed by atoms with Crippen LogP contribution in [0.25, 0.3) is 0 Å². The van der Waals surface area contributed by atoms with Crippen LogP contribution in [-0.4, -0.2) is 36.8 Å². The molecule has 0 amide bonds. The van der Waals surface area contributed by atoms with E-state index in [1.807, 2.05) is 11.3 Å². The minimum absolute atomic E-state index is 0.187. The first-order chi connectivity index (χ1) is 10.3. The van der Waals surface area contributed by atoms with Gasteiger partial charge in [-0.2, -0.15) is 0 Å². The number of thiophene rings is 1. The Morgan fingerprint density at radius 3 is 2.90 bits per heavy atom. The number of ether oxygens (including phenoxy) is 2. The van der Waals surface area contributed by atoms with Crippen molar-refractivity contribution in [3.05, 3.63) is 21.9 Å². The zero-order chi connectivity index (χ0) is 14.1. The van der Waals surface area contributed by atoms with Crippen molar-refractivity contribution >= 4 is 11.3 Å². The number of hydrogen-bond acceptors (Lipinski definition) is 4. The topological polar surface area (TPSA) is 21.7 Å². The van der Waals surface area contributed by atoms with E-state index in [9.17, 15) is 0 Å². The molecule has 3 heterocycles. The van der Waals surface area contributed by atoms with Gasteiger partial charge in [-0.25, -0.2) is 0 Å². The largest absolute Gasteiger partial charge is 0.373 e. The monoisotopic (exact) mass is 307 g/mol. The van der Waals surface area contributed by atoms with E-state index < -0.39 is 0 Å². The van der Waals surface area contributed by atoms with E-state index in [4.69, 9.17) is 9.47 Å². The highest BCUT2D eigenvalue weighted by Gasteiger charge is 2.39. The Bertz CT molecular complexity index is 475. The van der Waals surface area contributed by atoms with Crippen LogP contribution in [-0.2, 0) is 16.0 Å². The highest BCUT2D eigenvalue weighted by atomic mass is 32.1. The maximum absolute atomic E-state index is 6.12. The second-order valence-corrected chi connectivity index (χ2v) is 7.95. The molecule has 0 bridgehead atoms. The minimum atomic E-state index is 0.187. The van der Waals surface area contributed by atoms with Gasteiger partial charge in [-0.05, 0) is 37.8 Å². The Morgan fingerprint density at radius 1 is 1.19 bits per heavy atom. The van der Waals surface area contributed by atoms with Gasteiger partial charge in [-0.15, -0.1) is 11.3 Å². The van der Waals surface area contributed by atoms with Gasteiger partial charge in [-0.3, -0.25) is 4.90 Å². The summed E-state index contributed by atoms with van der Waals surface area (Å²) in [5, 5.41) is 0. The van der Waals surface area contributed by atoms with Crippen molar-refractivity contribution in [2.45, 2.75) is 56.8 Å². The van der Waals surface area contributed by atoms with Crippen LogP contribution in [0.3, 0.4) is 0 Å². The van der Waals surface area contributed by atoms with Crippen LogP contribution in [0, 0.1) is 0 Å². The average molecular weight is 307 g/mol. The second kappa shape index (κ2) is 5.99. The number of nitrogens with zero attached hydrogens (tertiary/aromatic N) is 1. The van der Waals surface area contributed by atoms with Gasteiger partial charge in [0, 0.05) is 36.0 Å². The number of rotatable bonds is 3. The molecule has 1 spiro atoms. The summed E-state index contributed by atoms with van der Waals surface area (Å²) < 4.78 is 11.9. The van der Waals surface area contributed by atoms with E-state index in [1.54, 1.807) is 0 Å². The molecule has 1 atom stereocenters. The summed E-state index contributed by atoms with van der Waals surface area (Å²) in [6.45, 7) is 5.13. The molecular formula is C17H25NO2S. The van der Waals surface area contributed by atoms with E-state index in [0.29, 0.717) is 6.10 Å². The lowest BCUT2D eigenvalue weighted by molar-refractivity contribution is -0.106. The summed E-state index contributed by atoms with van der Waals surface area (Å²) in [6, 6.07) is 4.58. The fourth-order valence-electron chi connectivity index (χ4n) is 4.06. The third-order valence-corrected chi connectivity index (χ3v) is 6.31. The molecule has 2 aliphatic heterocycles. The van der Waals surface area contributed by atoms with Gasteiger partial charge >= 0.3 is 0 Å². The molecule has 4 rings (SSSR count). The Labute approximate surface area is 131 Å². The van der Waals surface area contributed by atoms with Crippen LogP contribution in [0.2, 0.25) is 0 Å². The SMILES string of the molecule is c1cc([C@@H]2CCCO2)sc1CN1CCOC2(CCCC2)C1. The first-order valence-electron chi connectivity index (χ1n) is 8.40. The highest BCUT2D eigenvalue weighted by Crippen LogP contribution is 2.37. The zero-order valence-electron chi connectivity index (χ0n) is 12.7. The predicted molar refractivity (Wildman–Crippen MR) is 84.7 cm³/mol. The van der Waals surface area contributed by atoms with Crippen molar-refractivity contribution in [2.24, 2.45) is 0 Å². The normalized spacial score (nSPS) is 29.4. The van der Waals surface area contributed by atoms with E-state index in [0.717, 1.165) is 32.8 Å². The van der Waals surface area contributed by atoms with Crippen molar-refractivity contribution in [1.29, 1.82) is 0 Å². The van der Waals surface area contributed by atoms with Crippen molar-refractivity contribution in [2.75, 3.05) is 26.3 Å². The summed E-state index contributed by atoms with van der Waals surface area (Å²) in [5.41, 5.74) is 0.187. The Morgan fingerprint density at radius 2 is 2.10 bits per heavy atom. The van der Waals surface area contributed by atoms with Crippen molar-refractivity contribution in [3.8, 4) is 0 Å². The summed E-state index contributed by atoms with van der Waals surface area (Å²) in [6.07, 6.45) is 7.98. The van der Waals surface area contributed by atoms with Crippen LogP contribution < -0.4 is 0 Å². The van der Waals surface area contributed by atoms with E-state index in [1.165, 1.54) is 48.3 Å². The van der Waals surface area contributed by atoms with Crippen LogP contribution in [0.4, 0.5) is 0 Å². The van der Waals surface area contributed by atoms with E-state index in [-0.39, 0.29) is 5.60 Å². The first-order valence-corrected chi connectivity index (χ1v) is 9.21. The maximum Gasteiger partial charge on any atom is 0.0917 e. The Kier molecular flexibility index (Phi) is 4.05. The van der Waals surface area contributed by atoms with Crippen LogP contribution >= 0.6 is 11.3 Å². The van der Waals surface area contributed by atoms with Crippen molar-refractivity contribution < 1.29 is 9.47 Å². The molecule has 116 valence electrons. The fraction of sp³-hybridized carbons (Fsp3) is 0.765. The van der Waals surface area contributed by atoms with Crippen molar-refractivity contribution in [1.82, 2.24) is 4.90 Å². The summed E-state index contributed by atoms with van der Waals surface area (Å²) in [4.78, 5) is 5.50. The van der Waals surface area contributed by atoms with Gasteiger partial charge in [-0.1, -0.05) is 12.8 Å². The summed E-state index contributed by atoms with van der Waals surface area (Å²) >= 11 is 1.95. The molecule has 2 saturated heterocycles. The third kappa shape index (κ3) is 3.04. The summed E-state index contributed by atoms with van der Waals surface area (Å²) in [5.74, 6) is 0. The van der Waals surface area contributed by atoms with Gasteiger partial charge in [0.15, 0.2) is 0 Å². The number of morpholine rings is 1. The lowest BCUT2D eigenvalue weighted by atomic mass is 10.00. The fourth-order valence-corrected chi connectivity index (χ4v) is 5.19. The molecule has 0 radical (unpaired) electrons. The molecule has 1 saturated carbocycles. The van der Waals surface area contributed by atoms with Crippen LogP contribution in [0.1, 0.15) is 54.4 Å². The van der Waals surface area contributed by atoms with E-state index in [2.05, 4.69) is 17.0 Å². The number of hydrogen-bond donors (Lipinski definition) is 0. The average Bonchev–Trinajstić information content (AvgIpc) is 3.20. The zero-order valence-corrected chi connectivity index (χ0v) is 13.5. The lowest BCUT2D eigenvalue weighted by Crippen LogP contribution is -2.49. The molecule has 1 aliphatic carbocycles. The van der Waals surface area contributed by atoms with Gasteiger partial charge in [0.1, 0.15) is 0 Å². The van der Waals surface area contributed by atoms with Crippen molar-refractivity contribution in [3.63, 3.8) is 0 Å². The van der Waals surface area contributed by atoms with Gasteiger partial charge in [0.25, 0.3) is 0 Å². The molecule has 1 aromatic heterocycles. The molecule has 4 heteroatoms. The molecule has 3 aliphatic rings. The second-order valence-electron chi connectivity index (χ2n) is 6.75. The van der Waals surface area contributed by atoms with Crippen LogP contribution in [0.15, 0.2) is 12.1 Å². The lowest BCUT2D eigenvalue weighted by Gasteiger charge is -2.40. The van der Waals surface area contributed by atoms with Gasteiger partial charge in [0.2, 0.25) is 0 Å². The Balaban J connectivity index is 1.39. The molecule has 1 aromatic rings. The van der Waals surface area contributed by atoms with Gasteiger partial charge in [0.05, 0.1) is 18.3 Å². The highest BCUT2D eigenvalue weighted by molar-refractivity contribution is 7.12.